The Morgan fingerprint density at radius 2 is 2.12 bits per heavy atom. The van der Waals surface area contributed by atoms with Gasteiger partial charge in [-0.1, -0.05) is 0 Å². The minimum absolute atomic E-state index is 0.167. The number of aliphatic hydroxyl groups is 1. The molecule has 1 aromatic carbocycles. The largest absolute Gasteiger partial charge is 0.388 e. The van der Waals surface area contributed by atoms with E-state index < -0.39 is 9.84 Å². The molecule has 0 spiro atoms. The van der Waals surface area contributed by atoms with Crippen LogP contribution in [0.2, 0.25) is 0 Å². The van der Waals surface area contributed by atoms with Gasteiger partial charge in [0, 0.05) is 13.3 Å². The molecule has 2 rings (SSSR count). The van der Waals surface area contributed by atoms with Gasteiger partial charge in [0.05, 0.1) is 15.9 Å². The van der Waals surface area contributed by atoms with E-state index in [9.17, 15) is 8.42 Å². The lowest BCUT2D eigenvalue weighted by molar-refractivity contribution is 0.268. The molecule has 2 aromatic rings. The zero-order valence-electron chi connectivity index (χ0n) is 9.01. The fourth-order valence-electron chi connectivity index (χ4n) is 1.60. The van der Waals surface area contributed by atoms with Crippen molar-refractivity contribution in [1.29, 1.82) is 0 Å². The van der Waals surface area contributed by atoms with Crippen LogP contribution in [-0.2, 0) is 23.5 Å². The van der Waals surface area contributed by atoms with Crippen LogP contribution in [0.25, 0.3) is 11.0 Å². The van der Waals surface area contributed by atoms with E-state index in [1.54, 1.807) is 23.7 Å². The molecule has 0 aliphatic carbocycles. The number of sulfone groups is 1. The van der Waals surface area contributed by atoms with E-state index in [4.69, 9.17) is 5.11 Å². The molecule has 16 heavy (non-hydrogen) atoms. The molecule has 0 radical (unpaired) electrons. The van der Waals surface area contributed by atoms with Gasteiger partial charge in [-0.25, -0.2) is 13.4 Å². The van der Waals surface area contributed by atoms with Gasteiger partial charge >= 0.3 is 0 Å². The third-order valence-corrected chi connectivity index (χ3v) is 3.62. The maximum absolute atomic E-state index is 11.4. The average Bonchev–Trinajstić information content (AvgIpc) is 2.54. The van der Waals surface area contributed by atoms with Gasteiger partial charge in [-0.15, -0.1) is 0 Å². The number of aryl methyl sites for hydroxylation is 1. The molecule has 0 atom stereocenters. The summed E-state index contributed by atoms with van der Waals surface area (Å²) in [6.07, 6.45) is 1.16. The van der Waals surface area contributed by atoms with Gasteiger partial charge in [0.2, 0.25) is 0 Å². The Balaban J connectivity index is 2.73. The molecule has 0 bridgehead atoms. The summed E-state index contributed by atoms with van der Waals surface area (Å²) in [5, 5.41) is 9.05. The average molecular weight is 240 g/mol. The van der Waals surface area contributed by atoms with Crippen LogP contribution in [0.4, 0.5) is 0 Å². The maximum Gasteiger partial charge on any atom is 0.175 e. The van der Waals surface area contributed by atoms with Crippen molar-refractivity contribution in [3.8, 4) is 0 Å². The number of rotatable bonds is 2. The van der Waals surface area contributed by atoms with Crippen LogP contribution in [0.3, 0.4) is 0 Å². The zero-order valence-corrected chi connectivity index (χ0v) is 9.82. The Bertz CT molecular complexity index is 643. The van der Waals surface area contributed by atoms with E-state index in [0.29, 0.717) is 11.3 Å². The van der Waals surface area contributed by atoms with Gasteiger partial charge in [-0.2, -0.15) is 0 Å². The molecule has 0 amide bonds. The quantitative estimate of drug-likeness (QED) is 0.828. The molecular formula is C10H12N2O3S. The maximum atomic E-state index is 11.4. The summed E-state index contributed by atoms with van der Waals surface area (Å²) in [4.78, 5) is 4.39. The van der Waals surface area contributed by atoms with Crippen LogP contribution in [0.15, 0.2) is 23.1 Å². The number of hydrogen-bond acceptors (Lipinski definition) is 4. The van der Waals surface area contributed by atoms with Gasteiger partial charge in [-0.05, 0) is 18.2 Å². The van der Waals surface area contributed by atoms with Crippen molar-refractivity contribution in [1.82, 2.24) is 9.55 Å². The second-order valence-corrected chi connectivity index (χ2v) is 5.68. The van der Waals surface area contributed by atoms with E-state index in [1.165, 1.54) is 6.07 Å². The second-order valence-electron chi connectivity index (χ2n) is 3.67. The molecule has 6 heteroatoms. The molecule has 1 N–H and O–H groups in total. The summed E-state index contributed by atoms with van der Waals surface area (Å²) in [5.41, 5.74) is 1.38. The van der Waals surface area contributed by atoms with Gasteiger partial charge in [0.15, 0.2) is 9.84 Å². The number of nitrogens with zero attached hydrogens (tertiary/aromatic N) is 2. The van der Waals surface area contributed by atoms with Crippen molar-refractivity contribution < 1.29 is 13.5 Å². The highest BCUT2D eigenvalue weighted by Gasteiger charge is 2.11. The number of aliphatic hydroxyl groups excluding tert-OH is 1. The lowest BCUT2D eigenvalue weighted by Crippen LogP contribution is -1.97. The van der Waals surface area contributed by atoms with Crippen LogP contribution < -0.4 is 0 Å². The van der Waals surface area contributed by atoms with Crippen molar-refractivity contribution in [3.63, 3.8) is 0 Å². The molecule has 0 saturated heterocycles. The number of aromatic nitrogens is 2. The molecule has 0 aliphatic heterocycles. The Morgan fingerprint density at radius 3 is 2.69 bits per heavy atom. The minimum Gasteiger partial charge on any atom is -0.388 e. The molecule has 86 valence electrons. The van der Waals surface area contributed by atoms with E-state index in [1.807, 2.05) is 0 Å². The second kappa shape index (κ2) is 3.57. The standard InChI is InChI=1S/C10H12N2O3S/c1-12-9-4-3-7(16(2,14)15)5-8(9)11-10(12)6-13/h3-5,13H,6H2,1-2H3. The SMILES string of the molecule is Cn1c(CO)nc2cc(S(C)(=O)=O)ccc21. The first-order valence-corrected chi connectivity index (χ1v) is 6.59. The van der Waals surface area contributed by atoms with Gasteiger partial charge < -0.3 is 9.67 Å². The van der Waals surface area contributed by atoms with Crippen LogP contribution in [0.1, 0.15) is 5.82 Å². The van der Waals surface area contributed by atoms with Crippen molar-refractivity contribution in [2.24, 2.45) is 7.05 Å². The number of benzene rings is 1. The number of hydrogen-bond donors (Lipinski definition) is 1. The molecule has 0 fully saturated rings. The predicted molar refractivity (Wildman–Crippen MR) is 59.7 cm³/mol. The Kier molecular flexibility index (Phi) is 2.47. The first kappa shape index (κ1) is 11.1. The molecule has 0 unspecified atom stereocenters. The summed E-state index contributed by atoms with van der Waals surface area (Å²) in [5.74, 6) is 0.514. The molecule has 1 aromatic heterocycles. The van der Waals surface area contributed by atoms with E-state index in [-0.39, 0.29) is 11.5 Å². The fraction of sp³-hybridized carbons (Fsp3) is 0.300. The summed E-state index contributed by atoms with van der Waals surface area (Å²) in [6.45, 7) is -0.167. The summed E-state index contributed by atoms with van der Waals surface area (Å²) in [6, 6.07) is 4.75. The van der Waals surface area contributed by atoms with E-state index in [2.05, 4.69) is 4.98 Å². The van der Waals surface area contributed by atoms with E-state index >= 15 is 0 Å². The number of imidazole rings is 1. The first-order valence-electron chi connectivity index (χ1n) is 4.70. The highest BCUT2D eigenvalue weighted by molar-refractivity contribution is 7.90. The van der Waals surface area contributed by atoms with Crippen molar-refractivity contribution in [2.75, 3.05) is 6.26 Å². The van der Waals surface area contributed by atoms with Crippen molar-refractivity contribution in [3.05, 3.63) is 24.0 Å². The Hall–Kier alpha value is -1.40. The van der Waals surface area contributed by atoms with Crippen LogP contribution in [0.5, 0.6) is 0 Å². The van der Waals surface area contributed by atoms with Gasteiger partial charge in [0.1, 0.15) is 12.4 Å². The number of fused-ring (bicyclic) bond motifs is 1. The van der Waals surface area contributed by atoms with Gasteiger partial charge in [-0.3, -0.25) is 0 Å². The first-order chi connectivity index (χ1) is 7.43. The fourth-order valence-corrected chi connectivity index (χ4v) is 2.24. The van der Waals surface area contributed by atoms with Crippen LogP contribution >= 0.6 is 0 Å². The molecule has 5 nitrogen and oxygen atoms in total. The molecule has 0 aliphatic rings. The van der Waals surface area contributed by atoms with Crippen LogP contribution in [0, 0.1) is 0 Å². The highest BCUT2D eigenvalue weighted by Crippen LogP contribution is 2.19. The zero-order chi connectivity index (χ0) is 11.9. The molecular weight excluding hydrogens is 228 g/mol. The third-order valence-electron chi connectivity index (χ3n) is 2.51. The third kappa shape index (κ3) is 1.70. The Labute approximate surface area is 93.3 Å². The summed E-state index contributed by atoms with van der Waals surface area (Å²) >= 11 is 0. The van der Waals surface area contributed by atoms with Crippen molar-refractivity contribution >= 4 is 20.9 Å². The lowest BCUT2D eigenvalue weighted by atomic mass is 10.3. The normalized spacial score (nSPS) is 12.2. The molecule has 1 heterocycles. The van der Waals surface area contributed by atoms with Gasteiger partial charge in [0.25, 0.3) is 0 Å². The smallest absolute Gasteiger partial charge is 0.175 e. The lowest BCUT2D eigenvalue weighted by Gasteiger charge is -1.99. The minimum atomic E-state index is -3.22. The monoisotopic (exact) mass is 240 g/mol. The predicted octanol–water partition coefficient (Wildman–Crippen LogP) is 0.469. The van der Waals surface area contributed by atoms with E-state index in [0.717, 1.165) is 11.8 Å². The Morgan fingerprint density at radius 1 is 1.44 bits per heavy atom. The highest BCUT2D eigenvalue weighted by atomic mass is 32.2. The molecule has 0 saturated carbocycles. The summed E-state index contributed by atoms with van der Waals surface area (Å²) in [7, 11) is -1.44. The van der Waals surface area contributed by atoms with Crippen molar-refractivity contribution in [2.45, 2.75) is 11.5 Å². The summed E-state index contributed by atoms with van der Waals surface area (Å²) < 4.78 is 24.4. The van der Waals surface area contributed by atoms with Crippen LogP contribution in [-0.4, -0.2) is 29.3 Å². The topological polar surface area (TPSA) is 72.2 Å².